The number of benzene rings is 2. The van der Waals surface area contributed by atoms with Crippen molar-refractivity contribution in [2.24, 2.45) is 5.92 Å². The van der Waals surface area contributed by atoms with Crippen LogP contribution in [0, 0.1) is 5.92 Å². The third kappa shape index (κ3) is 6.91. The Bertz CT molecular complexity index is 882. The first-order valence-electron chi connectivity index (χ1n) is 9.98. The van der Waals surface area contributed by atoms with Crippen molar-refractivity contribution in [3.05, 3.63) is 54.6 Å². The van der Waals surface area contributed by atoms with Gasteiger partial charge >= 0.3 is 6.18 Å². The molecule has 0 saturated carbocycles. The molecule has 6 nitrogen and oxygen atoms in total. The van der Waals surface area contributed by atoms with E-state index in [1.54, 1.807) is 35.2 Å². The molecule has 1 saturated heterocycles. The summed E-state index contributed by atoms with van der Waals surface area (Å²) in [7, 11) is 0. The molecule has 2 N–H and O–H groups in total. The number of nitrogens with one attached hydrogen (secondary N) is 2. The van der Waals surface area contributed by atoms with Crippen LogP contribution in [0.5, 0.6) is 5.75 Å². The van der Waals surface area contributed by atoms with E-state index in [2.05, 4.69) is 10.6 Å². The molecule has 3 rings (SSSR count). The van der Waals surface area contributed by atoms with Crippen LogP contribution in [0.4, 0.5) is 24.5 Å². The molecule has 0 aromatic heterocycles. The van der Waals surface area contributed by atoms with Gasteiger partial charge in [0.15, 0.2) is 6.61 Å². The molecule has 2 aromatic rings. The Morgan fingerprint density at radius 2 is 1.58 bits per heavy atom. The molecule has 9 heteroatoms. The van der Waals surface area contributed by atoms with Gasteiger partial charge in [-0.05, 0) is 37.1 Å². The van der Waals surface area contributed by atoms with Crippen molar-refractivity contribution in [1.82, 2.24) is 4.90 Å². The Morgan fingerprint density at radius 1 is 0.968 bits per heavy atom. The number of alkyl halides is 3. The van der Waals surface area contributed by atoms with E-state index in [1.165, 1.54) is 6.07 Å². The first kappa shape index (κ1) is 22.5. The topological polar surface area (TPSA) is 70.7 Å². The maximum Gasteiger partial charge on any atom is 0.405 e. The zero-order valence-corrected chi connectivity index (χ0v) is 16.8. The molecule has 166 valence electrons. The highest BCUT2D eigenvalue weighted by Crippen LogP contribution is 2.26. The molecule has 0 atom stereocenters. The lowest BCUT2D eigenvalue weighted by atomic mass is 9.95. The highest BCUT2D eigenvalue weighted by atomic mass is 19.4. The number of likely N-dealkylation sites (tertiary alicyclic amines) is 1. The summed E-state index contributed by atoms with van der Waals surface area (Å²) in [4.78, 5) is 26.6. The number of piperidine rings is 1. The Morgan fingerprint density at radius 3 is 2.23 bits per heavy atom. The predicted molar refractivity (Wildman–Crippen MR) is 111 cm³/mol. The minimum atomic E-state index is -4.36. The normalized spacial score (nSPS) is 14.7. The number of nitrogens with zero attached hydrogens (tertiary/aromatic N) is 1. The fourth-order valence-electron chi connectivity index (χ4n) is 3.32. The van der Waals surface area contributed by atoms with E-state index in [0.717, 1.165) is 0 Å². The summed E-state index contributed by atoms with van der Waals surface area (Å²) in [5.74, 6) is -0.129. The molecule has 0 unspecified atom stereocenters. The van der Waals surface area contributed by atoms with Crippen LogP contribution in [-0.4, -0.2) is 49.1 Å². The standard InChI is InChI=1S/C22H24F3N3O3/c23-22(24,25)15-26-18-8-4-5-9-19(18)27-21(30)16-10-12-28(13-11-16)20(29)14-31-17-6-2-1-3-7-17/h1-9,16,26H,10-15H2,(H,27,30). The van der Waals surface area contributed by atoms with E-state index in [4.69, 9.17) is 4.74 Å². The summed E-state index contributed by atoms with van der Waals surface area (Å²) < 4.78 is 42.9. The Balaban J connectivity index is 1.48. The summed E-state index contributed by atoms with van der Waals surface area (Å²) in [5.41, 5.74) is 0.505. The lowest BCUT2D eigenvalue weighted by molar-refractivity contribution is -0.136. The molecule has 2 amide bonds. The van der Waals surface area contributed by atoms with E-state index in [1.807, 2.05) is 18.2 Å². The molecule has 31 heavy (non-hydrogen) atoms. The quantitative estimate of drug-likeness (QED) is 0.692. The third-order valence-electron chi connectivity index (χ3n) is 4.99. The first-order valence-corrected chi connectivity index (χ1v) is 9.98. The van der Waals surface area contributed by atoms with Crippen molar-refractivity contribution in [2.45, 2.75) is 19.0 Å². The van der Waals surface area contributed by atoms with Crippen molar-refractivity contribution >= 4 is 23.2 Å². The summed E-state index contributed by atoms with van der Waals surface area (Å²) in [6, 6.07) is 15.3. The molecule has 1 aliphatic rings. The number of carbonyl (C=O) groups is 2. The van der Waals surface area contributed by atoms with Crippen LogP contribution in [0.15, 0.2) is 54.6 Å². The van der Waals surface area contributed by atoms with Crippen LogP contribution < -0.4 is 15.4 Å². The maximum absolute atomic E-state index is 12.6. The number of amides is 2. The lowest BCUT2D eigenvalue weighted by Gasteiger charge is -2.31. The molecule has 0 aliphatic carbocycles. The summed E-state index contributed by atoms with van der Waals surface area (Å²) in [6.07, 6.45) is -3.41. The predicted octanol–water partition coefficient (Wildman–Crippen LogP) is 3.92. The number of halogens is 3. The fraction of sp³-hybridized carbons (Fsp3) is 0.364. The van der Waals surface area contributed by atoms with Crippen molar-refractivity contribution in [3.63, 3.8) is 0 Å². The van der Waals surface area contributed by atoms with Crippen LogP contribution in [0.25, 0.3) is 0 Å². The highest BCUT2D eigenvalue weighted by molar-refractivity contribution is 5.95. The van der Waals surface area contributed by atoms with E-state index < -0.39 is 12.7 Å². The number of hydrogen-bond acceptors (Lipinski definition) is 4. The summed E-state index contributed by atoms with van der Waals surface area (Å²) in [6.45, 7) is -0.420. The lowest BCUT2D eigenvalue weighted by Crippen LogP contribution is -2.43. The van der Waals surface area contributed by atoms with Crippen LogP contribution >= 0.6 is 0 Å². The Hall–Kier alpha value is -3.23. The number of rotatable bonds is 7. The van der Waals surface area contributed by atoms with Gasteiger partial charge in [-0.2, -0.15) is 13.2 Å². The Kier molecular flexibility index (Phi) is 7.38. The van der Waals surface area contributed by atoms with Gasteiger partial charge in [-0.15, -0.1) is 0 Å². The minimum Gasteiger partial charge on any atom is -0.484 e. The second kappa shape index (κ2) is 10.2. The second-order valence-corrected chi connectivity index (χ2v) is 7.26. The zero-order chi connectivity index (χ0) is 22.3. The average Bonchev–Trinajstić information content (AvgIpc) is 2.77. The van der Waals surface area contributed by atoms with Gasteiger partial charge in [-0.1, -0.05) is 30.3 Å². The van der Waals surface area contributed by atoms with E-state index in [-0.39, 0.29) is 30.0 Å². The number of para-hydroxylation sites is 3. The van der Waals surface area contributed by atoms with E-state index >= 15 is 0 Å². The number of anilines is 2. The number of ether oxygens (including phenoxy) is 1. The Labute approximate surface area is 178 Å². The maximum atomic E-state index is 12.6. The molecule has 1 aliphatic heterocycles. The van der Waals surface area contributed by atoms with Gasteiger partial charge < -0.3 is 20.3 Å². The number of carbonyl (C=O) groups excluding carboxylic acids is 2. The first-order chi connectivity index (χ1) is 14.8. The largest absolute Gasteiger partial charge is 0.484 e. The van der Waals surface area contributed by atoms with Crippen molar-refractivity contribution in [3.8, 4) is 5.75 Å². The average molecular weight is 435 g/mol. The van der Waals surface area contributed by atoms with Crippen LogP contribution in [0.3, 0.4) is 0 Å². The van der Waals surface area contributed by atoms with Crippen LogP contribution in [0.1, 0.15) is 12.8 Å². The summed E-state index contributed by atoms with van der Waals surface area (Å²) in [5, 5.41) is 5.01. The SMILES string of the molecule is O=C(Nc1ccccc1NCC(F)(F)F)C1CCN(C(=O)COc2ccccc2)CC1. The smallest absolute Gasteiger partial charge is 0.405 e. The van der Waals surface area contributed by atoms with Gasteiger partial charge in [0.1, 0.15) is 12.3 Å². The van der Waals surface area contributed by atoms with Gasteiger partial charge in [0.25, 0.3) is 5.91 Å². The van der Waals surface area contributed by atoms with E-state index in [9.17, 15) is 22.8 Å². The van der Waals surface area contributed by atoms with E-state index in [0.29, 0.717) is 37.4 Å². The minimum absolute atomic E-state index is 0.0703. The molecule has 0 spiro atoms. The molecular formula is C22H24F3N3O3. The van der Waals surface area contributed by atoms with Crippen molar-refractivity contribution in [1.29, 1.82) is 0 Å². The molecule has 1 heterocycles. The summed E-state index contributed by atoms with van der Waals surface area (Å²) >= 11 is 0. The van der Waals surface area contributed by atoms with Gasteiger partial charge in [-0.3, -0.25) is 9.59 Å². The van der Waals surface area contributed by atoms with Gasteiger partial charge in [0, 0.05) is 19.0 Å². The second-order valence-electron chi connectivity index (χ2n) is 7.26. The molecule has 0 bridgehead atoms. The molecule has 1 fully saturated rings. The van der Waals surface area contributed by atoms with Crippen LogP contribution in [-0.2, 0) is 9.59 Å². The fourth-order valence-corrected chi connectivity index (χ4v) is 3.32. The van der Waals surface area contributed by atoms with Crippen LogP contribution in [0.2, 0.25) is 0 Å². The molecule has 0 radical (unpaired) electrons. The van der Waals surface area contributed by atoms with Gasteiger partial charge in [-0.25, -0.2) is 0 Å². The third-order valence-corrected chi connectivity index (χ3v) is 4.99. The monoisotopic (exact) mass is 435 g/mol. The van der Waals surface area contributed by atoms with Crippen molar-refractivity contribution in [2.75, 3.05) is 36.9 Å². The highest BCUT2D eigenvalue weighted by Gasteiger charge is 2.29. The number of hydrogen-bond donors (Lipinski definition) is 2. The van der Waals surface area contributed by atoms with Gasteiger partial charge in [0.2, 0.25) is 5.91 Å². The molecule has 2 aromatic carbocycles. The van der Waals surface area contributed by atoms with Gasteiger partial charge in [0.05, 0.1) is 11.4 Å². The van der Waals surface area contributed by atoms with Crippen molar-refractivity contribution < 1.29 is 27.5 Å². The molecular weight excluding hydrogens is 411 g/mol. The zero-order valence-electron chi connectivity index (χ0n) is 16.8.